The average molecular weight is 611 g/mol. The number of nitrogens with one attached hydrogen (secondary N) is 4. The molecule has 3 aliphatic heterocycles. The monoisotopic (exact) mass is 610 g/mol. The van der Waals surface area contributed by atoms with Crippen molar-refractivity contribution >= 4 is 57.1 Å². The van der Waals surface area contributed by atoms with Crippen LogP contribution in [-0.2, 0) is 33.5 Å². The summed E-state index contributed by atoms with van der Waals surface area (Å²) in [5, 5.41) is 10.7. The molecule has 3 atom stereocenters. The number of esters is 1. The second kappa shape index (κ2) is 14.4. The first-order valence-corrected chi connectivity index (χ1v) is 16.4. The Balaban J connectivity index is 1.56. The van der Waals surface area contributed by atoms with E-state index in [-0.39, 0.29) is 30.9 Å². The fraction of sp³-hybridized carbons (Fsp3) is 0.692. The molecule has 2 bridgehead atoms. The number of carbonyl (C=O) groups is 6. The summed E-state index contributed by atoms with van der Waals surface area (Å²) < 4.78 is 5.48. The standard InChI is InChI=1S/C26H38N6O7S2/c1-31-9-11-32(12-10-31)21(34)6-5-18-23(36)29-19-16-41-40-13-3-2-4-17(14-20(33)28-18)39-22(35)15-27-25(38)26(7-8-26)30-24(19)37/h2,4,17-19H,3,5-16H2,1H3,(H,27,38)(H,28,33)(H,29,36)(H,30,37)/t17-,18-,19-/m1/s1. The number of nitrogens with zero attached hydrogens (tertiary/aromatic N) is 2. The van der Waals surface area contributed by atoms with Crippen molar-refractivity contribution in [2.24, 2.45) is 0 Å². The van der Waals surface area contributed by atoms with Crippen molar-refractivity contribution in [3.05, 3.63) is 12.2 Å². The van der Waals surface area contributed by atoms with Crippen LogP contribution in [-0.4, -0.2) is 120 Å². The van der Waals surface area contributed by atoms with Crippen molar-refractivity contribution in [1.29, 1.82) is 0 Å². The van der Waals surface area contributed by atoms with E-state index in [1.54, 1.807) is 11.0 Å². The Kier molecular flexibility index (Phi) is 10.9. The van der Waals surface area contributed by atoms with E-state index >= 15 is 0 Å². The summed E-state index contributed by atoms with van der Waals surface area (Å²) in [6, 6.07) is -2.08. The molecule has 5 amide bonds. The number of hydrogen-bond acceptors (Lipinski definition) is 10. The molecular weight excluding hydrogens is 572 g/mol. The molecule has 1 aliphatic carbocycles. The lowest BCUT2D eigenvalue weighted by atomic mass is 10.1. The third-order valence-electron chi connectivity index (χ3n) is 7.43. The van der Waals surface area contributed by atoms with Crippen LogP contribution in [0.3, 0.4) is 0 Å². The lowest BCUT2D eigenvalue weighted by Gasteiger charge is -2.32. The summed E-state index contributed by atoms with van der Waals surface area (Å²) in [6.07, 6.45) is 3.79. The minimum Gasteiger partial charge on any atom is -0.456 e. The van der Waals surface area contributed by atoms with Gasteiger partial charge in [0.1, 0.15) is 30.3 Å². The molecule has 41 heavy (non-hydrogen) atoms. The van der Waals surface area contributed by atoms with E-state index in [9.17, 15) is 28.8 Å². The first-order chi connectivity index (χ1) is 19.6. The van der Waals surface area contributed by atoms with E-state index in [4.69, 9.17) is 4.74 Å². The van der Waals surface area contributed by atoms with Crippen LogP contribution in [0.15, 0.2) is 12.2 Å². The lowest BCUT2D eigenvalue weighted by molar-refractivity contribution is -0.148. The summed E-state index contributed by atoms with van der Waals surface area (Å²) in [5.74, 6) is -2.10. The van der Waals surface area contributed by atoms with Gasteiger partial charge in [-0.15, -0.1) is 0 Å². The number of likely N-dealkylation sites (N-methyl/N-ethyl adjacent to an activating group) is 1. The van der Waals surface area contributed by atoms with Gasteiger partial charge in [-0.2, -0.15) is 0 Å². The summed E-state index contributed by atoms with van der Waals surface area (Å²) in [6.45, 7) is 2.28. The summed E-state index contributed by atoms with van der Waals surface area (Å²) >= 11 is 0. The number of piperazine rings is 1. The molecule has 0 unspecified atom stereocenters. The SMILES string of the molecule is CN1CCN(C(=O)CC[C@H]2NC(=O)C[C@H]3C=CCCSSC[C@@H](NC2=O)C(=O)NC2(CC2)C(=O)NCC(=O)O3)CC1. The molecule has 0 aromatic heterocycles. The Morgan fingerprint density at radius 2 is 1.80 bits per heavy atom. The Morgan fingerprint density at radius 3 is 2.54 bits per heavy atom. The zero-order valence-electron chi connectivity index (χ0n) is 23.1. The minimum atomic E-state index is -1.15. The maximum absolute atomic E-state index is 13.5. The van der Waals surface area contributed by atoms with Gasteiger partial charge in [-0.3, -0.25) is 28.8 Å². The first-order valence-electron chi connectivity index (χ1n) is 13.9. The molecule has 226 valence electrons. The van der Waals surface area contributed by atoms with Gasteiger partial charge in [-0.25, -0.2) is 0 Å². The molecule has 3 fully saturated rings. The van der Waals surface area contributed by atoms with Crippen LogP contribution in [0, 0.1) is 0 Å². The fourth-order valence-corrected chi connectivity index (χ4v) is 6.88. The van der Waals surface area contributed by atoms with Crippen molar-refractivity contribution in [2.75, 3.05) is 51.3 Å². The highest BCUT2D eigenvalue weighted by Crippen LogP contribution is 2.36. The van der Waals surface area contributed by atoms with Gasteiger partial charge in [0.05, 0.1) is 6.42 Å². The predicted molar refractivity (Wildman–Crippen MR) is 153 cm³/mol. The minimum absolute atomic E-state index is 0.0329. The van der Waals surface area contributed by atoms with Gasteiger partial charge < -0.3 is 35.8 Å². The number of amides is 5. The molecule has 4 N–H and O–H groups in total. The van der Waals surface area contributed by atoms with Gasteiger partial charge in [0.25, 0.3) is 0 Å². The number of carbonyl (C=O) groups excluding carboxylic acids is 6. The summed E-state index contributed by atoms with van der Waals surface area (Å²) in [7, 11) is 4.92. The number of fused-ring (bicyclic) bond motifs is 7. The molecule has 4 rings (SSSR count). The Bertz CT molecular complexity index is 1060. The van der Waals surface area contributed by atoms with Gasteiger partial charge in [0, 0.05) is 44.1 Å². The number of allylic oxidation sites excluding steroid dienone is 1. The summed E-state index contributed by atoms with van der Waals surface area (Å²) in [5.41, 5.74) is -1.15. The predicted octanol–water partition coefficient (Wildman–Crippen LogP) is -1.07. The molecule has 4 aliphatic rings. The molecule has 3 heterocycles. The molecule has 13 nitrogen and oxygen atoms in total. The highest BCUT2D eigenvalue weighted by atomic mass is 33.1. The van der Waals surface area contributed by atoms with Gasteiger partial charge in [-0.05, 0) is 38.8 Å². The smallest absolute Gasteiger partial charge is 0.326 e. The molecule has 0 radical (unpaired) electrons. The van der Waals surface area contributed by atoms with Gasteiger partial charge in [-0.1, -0.05) is 27.7 Å². The van der Waals surface area contributed by atoms with Crippen LogP contribution in [0.25, 0.3) is 0 Å². The number of rotatable bonds is 3. The molecule has 1 saturated carbocycles. The fourth-order valence-electron chi connectivity index (χ4n) is 4.72. The quantitative estimate of drug-likeness (QED) is 0.176. The first kappa shape index (κ1) is 31.2. The highest BCUT2D eigenvalue weighted by molar-refractivity contribution is 8.76. The maximum atomic E-state index is 13.5. The Hall–Kier alpha value is -2.78. The van der Waals surface area contributed by atoms with Gasteiger partial charge in [0.15, 0.2) is 0 Å². The molecule has 15 heteroatoms. The van der Waals surface area contributed by atoms with Crippen LogP contribution >= 0.6 is 21.6 Å². The average Bonchev–Trinajstić information content (AvgIpc) is 3.72. The second-order valence-corrected chi connectivity index (χ2v) is 13.3. The third-order valence-corrected chi connectivity index (χ3v) is 9.88. The maximum Gasteiger partial charge on any atom is 0.326 e. The van der Waals surface area contributed by atoms with Crippen LogP contribution in [0.1, 0.15) is 38.5 Å². The zero-order valence-corrected chi connectivity index (χ0v) is 24.8. The van der Waals surface area contributed by atoms with Crippen LogP contribution in [0.5, 0.6) is 0 Å². The molecular formula is C26H38N6O7S2. The van der Waals surface area contributed by atoms with Crippen molar-refractivity contribution in [2.45, 2.75) is 62.3 Å². The second-order valence-electron chi connectivity index (χ2n) is 10.7. The van der Waals surface area contributed by atoms with Crippen LogP contribution in [0.4, 0.5) is 0 Å². The third kappa shape index (κ3) is 9.10. The van der Waals surface area contributed by atoms with E-state index < -0.39 is 59.9 Å². The van der Waals surface area contributed by atoms with E-state index in [2.05, 4.69) is 26.2 Å². The van der Waals surface area contributed by atoms with E-state index in [1.807, 2.05) is 13.1 Å². The molecule has 2 saturated heterocycles. The summed E-state index contributed by atoms with van der Waals surface area (Å²) in [4.78, 5) is 82.1. The number of ether oxygens (including phenoxy) is 1. The zero-order chi connectivity index (χ0) is 29.4. The lowest BCUT2D eigenvalue weighted by Crippen LogP contribution is -2.59. The van der Waals surface area contributed by atoms with Gasteiger partial charge in [0.2, 0.25) is 29.5 Å². The topological polar surface area (TPSA) is 166 Å². The largest absolute Gasteiger partial charge is 0.456 e. The number of hydrogen-bond donors (Lipinski definition) is 4. The Morgan fingerprint density at radius 1 is 1.05 bits per heavy atom. The van der Waals surface area contributed by atoms with Crippen molar-refractivity contribution in [1.82, 2.24) is 31.1 Å². The Labute approximate surface area is 247 Å². The van der Waals surface area contributed by atoms with E-state index in [1.165, 1.54) is 21.6 Å². The van der Waals surface area contributed by atoms with E-state index in [0.29, 0.717) is 38.1 Å². The van der Waals surface area contributed by atoms with Crippen molar-refractivity contribution in [3.8, 4) is 0 Å². The van der Waals surface area contributed by atoms with Crippen molar-refractivity contribution in [3.63, 3.8) is 0 Å². The van der Waals surface area contributed by atoms with Crippen LogP contribution < -0.4 is 21.3 Å². The molecule has 0 aromatic carbocycles. The van der Waals surface area contributed by atoms with E-state index in [0.717, 1.165) is 13.1 Å². The normalized spacial score (nSPS) is 28.6. The molecule has 1 spiro atoms. The van der Waals surface area contributed by atoms with Gasteiger partial charge >= 0.3 is 5.97 Å². The van der Waals surface area contributed by atoms with Crippen LogP contribution in [0.2, 0.25) is 0 Å². The molecule has 0 aromatic rings. The van der Waals surface area contributed by atoms with Crippen molar-refractivity contribution < 1.29 is 33.5 Å². The highest BCUT2D eigenvalue weighted by Gasteiger charge is 2.52.